The van der Waals surface area contributed by atoms with E-state index >= 15 is 0 Å². The van der Waals surface area contributed by atoms with Crippen LogP contribution in [0.15, 0.2) is 0 Å². The fourth-order valence-electron chi connectivity index (χ4n) is 1.60. The lowest BCUT2D eigenvalue weighted by Gasteiger charge is -2.13. The molecule has 0 fully saturated rings. The molecule has 0 saturated carbocycles. The number of hydrogen-bond donors (Lipinski definition) is 1. The second-order valence-electron chi connectivity index (χ2n) is 3.68. The fourth-order valence-corrected chi connectivity index (χ4v) is 1.76. The molecule has 16 heavy (non-hydrogen) atoms. The Hall–Kier alpha value is -1.01. The first-order valence-corrected chi connectivity index (χ1v) is 5.75. The van der Waals surface area contributed by atoms with Gasteiger partial charge in [-0.3, -0.25) is 0 Å². The van der Waals surface area contributed by atoms with Crippen LogP contribution in [0.3, 0.4) is 0 Å². The Labute approximate surface area is 101 Å². The van der Waals surface area contributed by atoms with E-state index in [1.807, 2.05) is 11.6 Å². The molecule has 90 valence electrons. The molecule has 0 bridgehead atoms. The van der Waals surface area contributed by atoms with Crippen molar-refractivity contribution in [1.82, 2.24) is 15.0 Å². The third-order valence-electron chi connectivity index (χ3n) is 2.52. The van der Waals surface area contributed by atoms with Crippen molar-refractivity contribution in [2.24, 2.45) is 5.73 Å². The Morgan fingerprint density at radius 1 is 1.62 bits per heavy atom. The zero-order valence-electron chi connectivity index (χ0n) is 9.93. The number of nitrogens with two attached hydrogens (primary N) is 1. The van der Waals surface area contributed by atoms with Crippen molar-refractivity contribution in [1.29, 1.82) is 0 Å². The van der Waals surface area contributed by atoms with Crippen molar-refractivity contribution in [3.63, 3.8) is 0 Å². The van der Waals surface area contributed by atoms with E-state index in [1.165, 1.54) is 0 Å². The van der Waals surface area contributed by atoms with Crippen LogP contribution in [0.5, 0.6) is 0 Å². The molecule has 1 rings (SSSR count). The molecule has 0 aliphatic carbocycles. The van der Waals surface area contributed by atoms with Gasteiger partial charge in [0.15, 0.2) is 0 Å². The predicted octanol–water partition coefficient (Wildman–Crippen LogP) is 1.07. The number of nitrogens with zero attached hydrogens (tertiary/aromatic N) is 3. The first kappa shape index (κ1) is 13.1. The third-order valence-corrected chi connectivity index (χ3v) is 2.71. The highest BCUT2D eigenvalue weighted by Crippen LogP contribution is 2.15. The van der Waals surface area contributed by atoms with E-state index in [9.17, 15) is 0 Å². The van der Waals surface area contributed by atoms with Crippen molar-refractivity contribution in [3.05, 3.63) is 11.4 Å². The molecule has 0 radical (unpaired) electrons. The van der Waals surface area contributed by atoms with E-state index < -0.39 is 0 Å². The number of hydrogen-bond acceptors (Lipinski definition) is 4. The summed E-state index contributed by atoms with van der Waals surface area (Å²) in [6.45, 7) is 4.82. The zero-order valence-corrected chi connectivity index (χ0v) is 10.8. The smallest absolute Gasteiger partial charge is 0.143 e. The van der Waals surface area contributed by atoms with Gasteiger partial charge in [0.25, 0.3) is 0 Å². The van der Waals surface area contributed by atoms with Gasteiger partial charge in [0.05, 0.1) is 11.7 Å². The molecule has 2 N–H and O–H groups in total. The van der Waals surface area contributed by atoms with Gasteiger partial charge in [0, 0.05) is 13.7 Å². The molecule has 5 nitrogen and oxygen atoms in total. The van der Waals surface area contributed by atoms with E-state index in [0.29, 0.717) is 17.3 Å². The van der Waals surface area contributed by atoms with Crippen LogP contribution in [0.4, 0.5) is 0 Å². The Balaban J connectivity index is 2.91. The van der Waals surface area contributed by atoms with Crippen molar-refractivity contribution >= 4 is 17.2 Å². The van der Waals surface area contributed by atoms with Gasteiger partial charge in [-0.05, 0) is 19.8 Å². The van der Waals surface area contributed by atoms with E-state index in [4.69, 9.17) is 22.7 Å². The summed E-state index contributed by atoms with van der Waals surface area (Å²) in [6.07, 6.45) is 1.71. The van der Waals surface area contributed by atoms with Gasteiger partial charge in [-0.25, -0.2) is 4.68 Å². The Bertz CT molecular complexity index is 364. The summed E-state index contributed by atoms with van der Waals surface area (Å²) in [5.41, 5.74) is 7.23. The summed E-state index contributed by atoms with van der Waals surface area (Å²) < 4.78 is 6.93. The molecule has 6 heteroatoms. The minimum absolute atomic E-state index is 0.241. The van der Waals surface area contributed by atoms with Gasteiger partial charge in [0.1, 0.15) is 10.7 Å². The summed E-state index contributed by atoms with van der Waals surface area (Å²) in [5, 5.41) is 8.13. The zero-order chi connectivity index (χ0) is 12.1. The highest BCUT2D eigenvalue weighted by molar-refractivity contribution is 7.80. The van der Waals surface area contributed by atoms with E-state index in [0.717, 1.165) is 18.5 Å². The summed E-state index contributed by atoms with van der Waals surface area (Å²) >= 11 is 4.94. The fraction of sp³-hybridized carbons (Fsp3) is 0.700. The topological polar surface area (TPSA) is 66.0 Å². The number of thiocarbonyl (C=S) groups is 1. The molecule has 1 atom stereocenters. The van der Waals surface area contributed by atoms with Gasteiger partial charge in [-0.1, -0.05) is 24.4 Å². The second kappa shape index (κ2) is 5.91. The van der Waals surface area contributed by atoms with Crippen LogP contribution >= 0.6 is 12.2 Å². The molecule has 0 amide bonds. The highest BCUT2D eigenvalue weighted by atomic mass is 32.1. The van der Waals surface area contributed by atoms with Crippen molar-refractivity contribution in [2.45, 2.75) is 32.7 Å². The van der Waals surface area contributed by atoms with Crippen LogP contribution in [0.1, 0.15) is 37.7 Å². The maximum atomic E-state index is 5.59. The number of aromatic nitrogens is 3. The molecule has 0 aliphatic rings. The van der Waals surface area contributed by atoms with Crippen molar-refractivity contribution in [3.8, 4) is 0 Å². The van der Waals surface area contributed by atoms with Gasteiger partial charge in [-0.2, -0.15) is 0 Å². The molecule has 1 aromatic heterocycles. The average molecular weight is 242 g/mol. The Kier molecular flexibility index (Phi) is 4.82. The summed E-state index contributed by atoms with van der Waals surface area (Å²) in [4.78, 5) is 0.307. The maximum absolute atomic E-state index is 5.59. The summed E-state index contributed by atoms with van der Waals surface area (Å²) in [7, 11) is 1.69. The molecule has 1 aromatic rings. The van der Waals surface area contributed by atoms with Gasteiger partial charge in [-0.15, -0.1) is 5.10 Å². The lowest BCUT2D eigenvalue weighted by molar-refractivity contribution is 0.177. The second-order valence-corrected chi connectivity index (χ2v) is 4.12. The monoisotopic (exact) mass is 242 g/mol. The number of methoxy groups -OCH3 is 1. The molecule has 1 heterocycles. The lowest BCUT2D eigenvalue weighted by Crippen LogP contribution is -2.16. The standard InChI is InChI=1S/C10H18N4OS/c1-4-8-9(10(11)16)12-13-14(8)7(2)5-6-15-3/h7H,4-6H2,1-3H3,(H2,11,16). The molecule has 0 saturated heterocycles. The average Bonchev–Trinajstić information content (AvgIpc) is 2.69. The minimum atomic E-state index is 0.241. The van der Waals surface area contributed by atoms with E-state index in [2.05, 4.69) is 17.2 Å². The lowest BCUT2D eigenvalue weighted by atomic mass is 10.2. The molecule has 0 aliphatic heterocycles. The summed E-state index contributed by atoms with van der Waals surface area (Å²) in [6, 6.07) is 0.241. The quantitative estimate of drug-likeness (QED) is 0.756. The SMILES string of the molecule is CCc1c(C(N)=S)nnn1C(C)CCOC. The Morgan fingerprint density at radius 3 is 2.81 bits per heavy atom. The predicted molar refractivity (Wildman–Crippen MR) is 66.5 cm³/mol. The largest absolute Gasteiger partial charge is 0.388 e. The van der Waals surface area contributed by atoms with Gasteiger partial charge >= 0.3 is 0 Å². The van der Waals surface area contributed by atoms with Gasteiger partial charge in [0.2, 0.25) is 0 Å². The summed E-state index contributed by atoms with van der Waals surface area (Å²) in [5.74, 6) is 0. The van der Waals surface area contributed by atoms with Crippen LogP contribution in [0.2, 0.25) is 0 Å². The first-order valence-electron chi connectivity index (χ1n) is 5.34. The molecular weight excluding hydrogens is 224 g/mol. The Morgan fingerprint density at radius 2 is 2.31 bits per heavy atom. The minimum Gasteiger partial charge on any atom is -0.388 e. The van der Waals surface area contributed by atoms with Crippen LogP contribution in [-0.2, 0) is 11.2 Å². The number of rotatable bonds is 6. The molecule has 0 spiro atoms. The normalized spacial score (nSPS) is 12.7. The van der Waals surface area contributed by atoms with E-state index in [-0.39, 0.29) is 6.04 Å². The molecule has 0 aromatic carbocycles. The maximum Gasteiger partial charge on any atom is 0.143 e. The van der Waals surface area contributed by atoms with Crippen molar-refractivity contribution in [2.75, 3.05) is 13.7 Å². The first-order chi connectivity index (χ1) is 7.61. The highest BCUT2D eigenvalue weighted by Gasteiger charge is 2.16. The van der Waals surface area contributed by atoms with Crippen LogP contribution in [-0.4, -0.2) is 33.7 Å². The van der Waals surface area contributed by atoms with Crippen LogP contribution in [0, 0.1) is 0 Å². The molecule has 1 unspecified atom stereocenters. The van der Waals surface area contributed by atoms with Crippen LogP contribution in [0.25, 0.3) is 0 Å². The third kappa shape index (κ3) is 2.76. The molecular formula is C10H18N4OS. The van der Waals surface area contributed by atoms with Crippen LogP contribution < -0.4 is 5.73 Å². The number of ether oxygens (including phenoxy) is 1. The van der Waals surface area contributed by atoms with E-state index in [1.54, 1.807) is 7.11 Å². The van der Waals surface area contributed by atoms with Crippen molar-refractivity contribution < 1.29 is 4.74 Å². The van der Waals surface area contributed by atoms with Gasteiger partial charge < -0.3 is 10.5 Å².